The molecule has 0 aromatic rings. The largest absolute Gasteiger partial charge is 0.862 e. The van der Waals surface area contributed by atoms with E-state index < -0.39 is 73.2 Å². The van der Waals surface area contributed by atoms with Crippen molar-refractivity contribution in [1.29, 1.82) is 0 Å². The fraction of sp³-hybridized carbons (Fsp3) is 0.625. The molecule has 0 aromatic heterocycles. The quantitative estimate of drug-likeness (QED) is 0.153. The normalized spacial score (nSPS) is 14.3. The molecular weight excluding hydrogens is 380 g/mol. The van der Waals surface area contributed by atoms with Gasteiger partial charge in [0.1, 0.15) is 0 Å². The van der Waals surface area contributed by atoms with Gasteiger partial charge in [-0.1, -0.05) is 0 Å². The summed E-state index contributed by atoms with van der Waals surface area (Å²) in [6.07, 6.45) is -2.09. The summed E-state index contributed by atoms with van der Waals surface area (Å²) >= 11 is 0. The lowest BCUT2D eigenvalue weighted by Gasteiger charge is -2.18. The summed E-state index contributed by atoms with van der Waals surface area (Å²) in [5.74, 6) is -10.4. The van der Waals surface area contributed by atoms with Gasteiger partial charge in [-0.3, -0.25) is 9.59 Å². The number of nitrogens with zero attached hydrogens (tertiary/aromatic N) is 2. The zero-order chi connectivity index (χ0) is 21.7. The lowest BCUT2D eigenvalue weighted by Crippen LogP contribution is -2.32. The van der Waals surface area contributed by atoms with Crippen LogP contribution in [0.2, 0.25) is 0 Å². The average Bonchev–Trinajstić information content (AvgIpc) is 2.55. The number of aliphatic imine (C=N–C) groups is 2. The van der Waals surface area contributed by atoms with Gasteiger partial charge in [0, 0.05) is 37.9 Å². The molecule has 0 aliphatic heterocycles. The molecule has 0 spiro atoms. The molecular formula is C16H20N2O10-4. The molecule has 0 radical (unpaired) electrons. The van der Waals surface area contributed by atoms with Crippen molar-refractivity contribution in [3.05, 3.63) is 0 Å². The maximum atomic E-state index is 11.5. The van der Waals surface area contributed by atoms with E-state index in [0.717, 1.165) is 0 Å². The predicted molar refractivity (Wildman–Crippen MR) is 84.6 cm³/mol. The van der Waals surface area contributed by atoms with Crippen LogP contribution >= 0.6 is 0 Å². The van der Waals surface area contributed by atoms with E-state index >= 15 is 0 Å². The fourth-order valence-corrected chi connectivity index (χ4v) is 2.08. The highest BCUT2D eigenvalue weighted by molar-refractivity contribution is 5.83. The Kier molecular flexibility index (Phi) is 11.6. The summed E-state index contributed by atoms with van der Waals surface area (Å²) in [6.45, 7) is 0.0330. The molecule has 0 aromatic carbocycles. The van der Waals surface area contributed by atoms with E-state index in [4.69, 9.17) is 10.2 Å². The van der Waals surface area contributed by atoms with Crippen molar-refractivity contribution >= 4 is 35.7 Å². The van der Waals surface area contributed by atoms with Gasteiger partial charge in [-0.2, -0.15) is 0 Å². The topological polar surface area (TPSA) is 226 Å². The Balaban J connectivity index is 4.29. The first kappa shape index (κ1) is 24.8. The molecule has 2 atom stereocenters. The number of hydrogen-bond donors (Lipinski definition) is 2. The third kappa shape index (κ3) is 12.2. The summed E-state index contributed by atoms with van der Waals surface area (Å²) in [4.78, 5) is 49.7. The van der Waals surface area contributed by atoms with Gasteiger partial charge in [-0.15, -0.1) is 0 Å². The molecule has 0 amide bonds. The van der Waals surface area contributed by atoms with E-state index in [2.05, 4.69) is 9.98 Å². The first-order valence-electron chi connectivity index (χ1n) is 8.28. The van der Waals surface area contributed by atoms with Crippen LogP contribution < -0.4 is 20.4 Å². The highest BCUT2D eigenvalue weighted by atomic mass is 16.4. The highest BCUT2D eigenvalue weighted by Crippen LogP contribution is 2.09. The van der Waals surface area contributed by atoms with Gasteiger partial charge in [0.15, 0.2) is 0 Å². The second-order valence-corrected chi connectivity index (χ2v) is 5.89. The third-order valence-corrected chi connectivity index (χ3v) is 3.51. The van der Waals surface area contributed by atoms with Gasteiger partial charge in [0.2, 0.25) is 0 Å². The first-order chi connectivity index (χ1) is 13.0. The van der Waals surface area contributed by atoms with Crippen molar-refractivity contribution in [1.82, 2.24) is 0 Å². The minimum absolute atomic E-state index is 0.0165. The molecule has 0 saturated heterocycles. The van der Waals surface area contributed by atoms with E-state index in [-0.39, 0.29) is 13.1 Å². The second-order valence-electron chi connectivity index (χ2n) is 5.89. The van der Waals surface area contributed by atoms with Crippen molar-refractivity contribution in [3.8, 4) is 0 Å². The number of unbranched alkanes of at least 4 members (excludes halogenated alkanes) is 1. The molecule has 0 fully saturated rings. The van der Waals surface area contributed by atoms with Gasteiger partial charge in [0.05, 0.1) is 11.8 Å². The number of aliphatic carboxylic acids is 4. The predicted octanol–water partition coefficient (Wildman–Crippen LogP) is -4.25. The van der Waals surface area contributed by atoms with Crippen LogP contribution in [0, 0.1) is 11.8 Å². The molecule has 0 saturated carbocycles. The molecule has 2 N–H and O–H groups in total. The smallest absolute Gasteiger partial charge is 0.307 e. The molecule has 0 bridgehead atoms. The molecule has 12 heteroatoms. The van der Waals surface area contributed by atoms with Gasteiger partial charge in [-0.25, -0.2) is 0 Å². The van der Waals surface area contributed by atoms with Gasteiger partial charge < -0.3 is 50.2 Å². The second kappa shape index (κ2) is 13.1. The lowest BCUT2D eigenvalue weighted by atomic mass is 10.0. The molecule has 28 heavy (non-hydrogen) atoms. The Hall–Kier alpha value is -3.18. The van der Waals surface area contributed by atoms with Crippen molar-refractivity contribution < 1.29 is 49.8 Å². The standard InChI is InChI=1S/C16H24N2O10/c19-11(5-9(15(25)26)7-13(21)22)17-3-1-2-4-18-12(20)6-10(16(27)28)8-14(23)24/h9-10H,1-8H2,(H,17,19)(H,18,20)(H,21,22)(H,23,24)(H,25,26)(H,27,28)/p-4. The third-order valence-electron chi connectivity index (χ3n) is 3.51. The summed E-state index contributed by atoms with van der Waals surface area (Å²) in [7, 11) is 0. The lowest BCUT2D eigenvalue weighted by molar-refractivity contribution is -0.308. The average molecular weight is 400 g/mol. The van der Waals surface area contributed by atoms with E-state index in [1.807, 2.05) is 0 Å². The Labute approximate surface area is 159 Å². The summed E-state index contributed by atoms with van der Waals surface area (Å²) < 4.78 is 0. The van der Waals surface area contributed by atoms with Crippen molar-refractivity contribution in [2.75, 3.05) is 13.1 Å². The summed E-state index contributed by atoms with van der Waals surface area (Å²) in [5.41, 5.74) is 0. The van der Waals surface area contributed by atoms with Crippen molar-refractivity contribution in [2.24, 2.45) is 21.8 Å². The van der Waals surface area contributed by atoms with Crippen LogP contribution in [0.4, 0.5) is 0 Å². The Morgan fingerprint density at radius 1 is 0.643 bits per heavy atom. The zero-order valence-electron chi connectivity index (χ0n) is 14.9. The van der Waals surface area contributed by atoms with Crippen LogP contribution in [-0.2, 0) is 19.2 Å². The van der Waals surface area contributed by atoms with Crippen LogP contribution in [0.5, 0.6) is 0 Å². The molecule has 0 aliphatic rings. The SMILES string of the molecule is O=C([O-])CC(CC([O-])=NCCCCN=C([O-])CC(CC(=O)[O-])C(=O)O)C(=O)O. The monoisotopic (exact) mass is 400 g/mol. The first-order valence-corrected chi connectivity index (χ1v) is 8.28. The van der Waals surface area contributed by atoms with Crippen LogP contribution in [0.15, 0.2) is 9.98 Å². The van der Waals surface area contributed by atoms with Crippen LogP contribution in [0.25, 0.3) is 0 Å². The van der Waals surface area contributed by atoms with Crippen LogP contribution in [0.3, 0.4) is 0 Å². The minimum Gasteiger partial charge on any atom is -0.862 e. The highest BCUT2D eigenvalue weighted by Gasteiger charge is 2.18. The Morgan fingerprint density at radius 2 is 0.964 bits per heavy atom. The molecule has 2 unspecified atom stereocenters. The molecule has 158 valence electrons. The van der Waals surface area contributed by atoms with Crippen molar-refractivity contribution in [3.63, 3.8) is 0 Å². The number of carbonyl (C=O) groups excluding carboxylic acids is 2. The Bertz CT molecular complexity index is 575. The Morgan fingerprint density at radius 3 is 1.21 bits per heavy atom. The maximum absolute atomic E-state index is 11.5. The van der Waals surface area contributed by atoms with E-state index in [9.17, 15) is 39.6 Å². The van der Waals surface area contributed by atoms with Gasteiger partial charge in [0.25, 0.3) is 0 Å². The van der Waals surface area contributed by atoms with E-state index in [0.29, 0.717) is 12.8 Å². The minimum atomic E-state index is -1.59. The molecule has 12 nitrogen and oxygen atoms in total. The molecule has 0 aliphatic carbocycles. The van der Waals surface area contributed by atoms with E-state index in [1.54, 1.807) is 0 Å². The van der Waals surface area contributed by atoms with Crippen LogP contribution in [-0.4, -0.2) is 59.0 Å². The van der Waals surface area contributed by atoms with Crippen LogP contribution in [0.1, 0.15) is 38.5 Å². The summed E-state index contributed by atoms with van der Waals surface area (Å²) in [6, 6.07) is 0. The van der Waals surface area contributed by atoms with Gasteiger partial charge in [-0.05, 0) is 37.5 Å². The number of rotatable bonds is 15. The summed E-state index contributed by atoms with van der Waals surface area (Å²) in [5, 5.41) is 61.5. The number of hydrogen-bond acceptors (Lipinski definition) is 10. The molecule has 0 rings (SSSR count). The number of carbonyl (C=O) groups is 4. The fourth-order valence-electron chi connectivity index (χ4n) is 2.08. The number of carboxylic acid groups (broad SMARTS) is 4. The van der Waals surface area contributed by atoms with Gasteiger partial charge >= 0.3 is 11.9 Å². The maximum Gasteiger partial charge on any atom is 0.307 e. The van der Waals surface area contributed by atoms with Crippen molar-refractivity contribution in [2.45, 2.75) is 38.5 Å². The number of carboxylic acids is 4. The molecule has 0 heterocycles. The van der Waals surface area contributed by atoms with E-state index in [1.165, 1.54) is 0 Å². The zero-order valence-corrected chi connectivity index (χ0v) is 14.9.